The van der Waals surface area contributed by atoms with Gasteiger partial charge in [-0.15, -0.1) is 0 Å². The maximum absolute atomic E-state index is 11.8. The smallest absolute Gasteiger partial charge is 0.305 e. The van der Waals surface area contributed by atoms with Gasteiger partial charge in [0.1, 0.15) is 5.78 Å². The Morgan fingerprint density at radius 3 is 1.81 bits per heavy atom. The lowest BCUT2D eigenvalue weighted by Gasteiger charge is -2.15. The van der Waals surface area contributed by atoms with Crippen LogP contribution in [-0.2, 0) is 14.3 Å². The molecule has 3 heteroatoms. The van der Waals surface area contributed by atoms with Gasteiger partial charge in [0.25, 0.3) is 0 Å². The van der Waals surface area contributed by atoms with Crippen molar-refractivity contribution in [3.8, 4) is 0 Å². The summed E-state index contributed by atoms with van der Waals surface area (Å²) in [6, 6.07) is 0. The number of Topliss-reactive ketones (excluding diaryl/α,β-unsaturated/α-hetero) is 1. The lowest BCUT2D eigenvalue weighted by atomic mass is 9.98. The maximum atomic E-state index is 11.8. The molecule has 0 rings (SSSR count). The van der Waals surface area contributed by atoms with Crippen molar-refractivity contribution in [2.75, 3.05) is 6.61 Å². The minimum absolute atomic E-state index is 0.0616. The predicted molar refractivity (Wildman–Crippen MR) is 115 cm³/mol. The van der Waals surface area contributed by atoms with Gasteiger partial charge in [0.2, 0.25) is 0 Å². The average molecular weight is 383 g/mol. The van der Waals surface area contributed by atoms with E-state index in [0.29, 0.717) is 31.8 Å². The van der Waals surface area contributed by atoms with Gasteiger partial charge in [-0.1, -0.05) is 98.3 Å². The van der Waals surface area contributed by atoms with Crippen molar-refractivity contribution >= 4 is 11.8 Å². The summed E-state index contributed by atoms with van der Waals surface area (Å²) >= 11 is 0. The third kappa shape index (κ3) is 17.0. The van der Waals surface area contributed by atoms with Crippen LogP contribution in [0.2, 0.25) is 0 Å². The summed E-state index contributed by atoms with van der Waals surface area (Å²) in [5.74, 6) is 0.634. The van der Waals surface area contributed by atoms with Crippen LogP contribution in [0.1, 0.15) is 124 Å². The third-order valence-electron chi connectivity index (χ3n) is 5.47. The topological polar surface area (TPSA) is 43.4 Å². The van der Waals surface area contributed by atoms with E-state index in [1.807, 2.05) is 13.8 Å². The highest BCUT2D eigenvalue weighted by atomic mass is 16.5. The number of esters is 1. The largest absolute Gasteiger partial charge is 0.465 e. The maximum Gasteiger partial charge on any atom is 0.305 e. The van der Waals surface area contributed by atoms with Gasteiger partial charge in [-0.3, -0.25) is 9.59 Å². The number of hydrogen-bond acceptors (Lipinski definition) is 3. The zero-order valence-electron chi connectivity index (χ0n) is 18.7. The zero-order chi connectivity index (χ0) is 20.3. The molecule has 0 fully saturated rings. The third-order valence-corrected chi connectivity index (χ3v) is 5.47. The van der Waals surface area contributed by atoms with Gasteiger partial charge in [-0.2, -0.15) is 0 Å². The Balaban J connectivity index is 3.58. The zero-order valence-corrected chi connectivity index (χ0v) is 18.7. The molecule has 0 N–H and O–H groups in total. The molecule has 0 saturated carbocycles. The molecule has 27 heavy (non-hydrogen) atoms. The second kappa shape index (κ2) is 18.5. The quantitative estimate of drug-likeness (QED) is 0.174. The van der Waals surface area contributed by atoms with Gasteiger partial charge < -0.3 is 4.74 Å². The SMILES string of the molecule is CCCCCCCCCCCCC(CC)COC(=O)CCCC(=O)C(C)C. The average Bonchev–Trinajstić information content (AvgIpc) is 2.65. The first-order valence-corrected chi connectivity index (χ1v) is 11.7. The number of rotatable bonds is 19. The molecule has 0 aliphatic heterocycles. The Bertz CT molecular complexity index is 363. The van der Waals surface area contributed by atoms with Crippen molar-refractivity contribution in [2.45, 2.75) is 124 Å². The molecule has 0 aromatic heterocycles. The molecule has 1 unspecified atom stereocenters. The van der Waals surface area contributed by atoms with E-state index >= 15 is 0 Å². The van der Waals surface area contributed by atoms with Gasteiger partial charge in [-0.05, 0) is 18.8 Å². The Morgan fingerprint density at radius 2 is 1.30 bits per heavy atom. The molecule has 0 radical (unpaired) electrons. The highest BCUT2D eigenvalue weighted by Crippen LogP contribution is 2.17. The van der Waals surface area contributed by atoms with Crippen molar-refractivity contribution in [1.82, 2.24) is 0 Å². The predicted octanol–water partition coefficient (Wildman–Crippen LogP) is 7.26. The van der Waals surface area contributed by atoms with Crippen LogP contribution in [0.5, 0.6) is 0 Å². The van der Waals surface area contributed by atoms with E-state index in [2.05, 4.69) is 13.8 Å². The fourth-order valence-electron chi connectivity index (χ4n) is 3.30. The van der Waals surface area contributed by atoms with Crippen LogP contribution in [0.25, 0.3) is 0 Å². The van der Waals surface area contributed by atoms with Crippen molar-refractivity contribution in [1.29, 1.82) is 0 Å². The molecule has 0 aliphatic carbocycles. The molecule has 0 aromatic rings. The number of ether oxygens (including phenoxy) is 1. The van der Waals surface area contributed by atoms with E-state index in [0.717, 1.165) is 12.8 Å². The first-order valence-electron chi connectivity index (χ1n) is 11.7. The van der Waals surface area contributed by atoms with Crippen molar-refractivity contribution in [3.05, 3.63) is 0 Å². The van der Waals surface area contributed by atoms with Gasteiger partial charge in [0.15, 0.2) is 0 Å². The Kier molecular flexibility index (Phi) is 17.9. The molecular formula is C24H46O3. The molecule has 0 aromatic carbocycles. The Labute approximate surface area is 169 Å². The lowest BCUT2D eigenvalue weighted by molar-refractivity contribution is -0.145. The number of ketones is 1. The fourth-order valence-corrected chi connectivity index (χ4v) is 3.30. The Morgan fingerprint density at radius 1 is 0.741 bits per heavy atom. The highest BCUT2D eigenvalue weighted by Gasteiger charge is 2.12. The van der Waals surface area contributed by atoms with Gasteiger partial charge in [-0.25, -0.2) is 0 Å². The van der Waals surface area contributed by atoms with Crippen LogP contribution in [0.3, 0.4) is 0 Å². The van der Waals surface area contributed by atoms with Crippen LogP contribution in [0, 0.1) is 11.8 Å². The van der Waals surface area contributed by atoms with Crippen LogP contribution in [-0.4, -0.2) is 18.4 Å². The highest BCUT2D eigenvalue weighted by molar-refractivity contribution is 5.80. The summed E-state index contributed by atoms with van der Waals surface area (Å²) in [6.07, 6.45) is 17.3. The molecule has 0 amide bonds. The fraction of sp³-hybridized carbons (Fsp3) is 0.917. The van der Waals surface area contributed by atoms with Gasteiger partial charge in [0, 0.05) is 18.8 Å². The van der Waals surface area contributed by atoms with E-state index < -0.39 is 0 Å². The number of carbonyl (C=O) groups is 2. The van der Waals surface area contributed by atoms with E-state index in [1.165, 1.54) is 64.2 Å². The number of unbranched alkanes of at least 4 members (excludes halogenated alkanes) is 9. The molecule has 0 bridgehead atoms. The van der Waals surface area contributed by atoms with E-state index in [-0.39, 0.29) is 17.7 Å². The monoisotopic (exact) mass is 382 g/mol. The molecule has 160 valence electrons. The molecule has 0 heterocycles. The molecule has 0 spiro atoms. The second-order valence-electron chi connectivity index (χ2n) is 8.40. The van der Waals surface area contributed by atoms with Crippen molar-refractivity contribution < 1.29 is 14.3 Å². The van der Waals surface area contributed by atoms with Crippen molar-refractivity contribution in [3.63, 3.8) is 0 Å². The number of carbonyl (C=O) groups excluding carboxylic acids is 2. The summed E-state index contributed by atoms with van der Waals surface area (Å²) in [6.45, 7) is 8.79. The van der Waals surface area contributed by atoms with E-state index in [9.17, 15) is 9.59 Å². The first-order chi connectivity index (χ1) is 13.0. The van der Waals surface area contributed by atoms with Crippen LogP contribution in [0.15, 0.2) is 0 Å². The van der Waals surface area contributed by atoms with E-state index in [4.69, 9.17) is 4.74 Å². The van der Waals surface area contributed by atoms with Crippen LogP contribution < -0.4 is 0 Å². The summed E-state index contributed by atoms with van der Waals surface area (Å²) in [5, 5.41) is 0. The minimum atomic E-state index is -0.145. The first kappa shape index (κ1) is 26.1. The number of hydrogen-bond donors (Lipinski definition) is 0. The molecular weight excluding hydrogens is 336 g/mol. The van der Waals surface area contributed by atoms with Crippen LogP contribution >= 0.6 is 0 Å². The standard InChI is InChI=1S/C24H46O3/c1-5-7-8-9-10-11-12-13-14-15-17-22(6-2)20-27-24(26)19-16-18-23(25)21(3)4/h21-22H,5-20H2,1-4H3. The van der Waals surface area contributed by atoms with Gasteiger partial charge >= 0.3 is 5.97 Å². The molecule has 1 atom stereocenters. The minimum Gasteiger partial charge on any atom is -0.465 e. The molecule has 3 nitrogen and oxygen atoms in total. The Hall–Kier alpha value is -0.860. The molecule has 0 saturated heterocycles. The normalized spacial score (nSPS) is 12.3. The lowest BCUT2D eigenvalue weighted by Crippen LogP contribution is -2.14. The summed E-state index contributed by atoms with van der Waals surface area (Å²) in [5.41, 5.74) is 0. The van der Waals surface area contributed by atoms with Crippen molar-refractivity contribution in [2.24, 2.45) is 11.8 Å². The summed E-state index contributed by atoms with van der Waals surface area (Å²) in [4.78, 5) is 23.4. The summed E-state index contributed by atoms with van der Waals surface area (Å²) < 4.78 is 5.43. The van der Waals surface area contributed by atoms with Gasteiger partial charge in [0.05, 0.1) is 6.61 Å². The van der Waals surface area contributed by atoms with Crippen LogP contribution in [0.4, 0.5) is 0 Å². The molecule has 0 aliphatic rings. The van der Waals surface area contributed by atoms with E-state index in [1.54, 1.807) is 0 Å². The second-order valence-corrected chi connectivity index (χ2v) is 8.40. The summed E-state index contributed by atoms with van der Waals surface area (Å²) in [7, 11) is 0.